The van der Waals surface area contributed by atoms with Crippen molar-refractivity contribution in [1.82, 2.24) is 19.2 Å². The minimum atomic E-state index is -0.778. The van der Waals surface area contributed by atoms with Crippen LogP contribution in [0.25, 0.3) is 5.69 Å². The standard InChI is InChI=1S/C21H20Cl2N4O3/c1-4-25(3)19(28)18-20(29)26(12-14-7-5-6-8-16(14)22)21(30)27(24-18)15-10-9-13(2)17(23)11-15/h5-11H,4,12H2,1-3H3. The average Bonchev–Trinajstić information content (AvgIpc) is 2.73. The Morgan fingerprint density at radius 2 is 1.80 bits per heavy atom. The Morgan fingerprint density at radius 3 is 2.43 bits per heavy atom. The van der Waals surface area contributed by atoms with E-state index in [9.17, 15) is 14.4 Å². The zero-order valence-electron chi connectivity index (χ0n) is 16.7. The van der Waals surface area contributed by atoms with Gasteiger partial charge in [0, 0.05) is 23.6 Å². The Hall–Kier alpha value is -2.90. The van der Waals surface area contributed by atoms with Gasteiger partial charge in [-0.05, 0) is 43.2 Å². The molecule has 0 bridgehead atoms. The van der Waals surface area contributed by atoms with Crippen LogP contribution in [0.3, 0.4) is 0 Å². The highest BCUT2D eigenvalue weighted by molar-refractivity contribution is 6.31. The van der Waals surface area contributed by atoms with E-state index >= 15 is 0 Å². The zero-order valence-corrected chi connectivity index (χ0v) is 18.2. The molecule has 0 saturated heterocycles. The number of nitrogens with zero attached hydrogens (tertiary/aromatic N) is 4. The van der Waals surface area contributed by atoms with Gasteiger partial charge in [-0.3, -0.25) is 14.2 Å². The molecule has 0 aliphatic heterocycles. The lowest BCUT2D eigenvalue weighted by molar-refractivity contribution is 0.0791. The Bertz CT molecular complexity index is 1230. The van der Waals surface area contributed by atoms with Gasteiger partial charge in [0.2, 0.25) is 5.69 Å². The van der Waals surface area contributed by atoms with E-state index in [-0.39, 0.29) is 12.2 Å². The number of aromatic nitrogens is 3. The third kappa shape index (κ3) is 4.17. The summed E-state index contributed by atoms with van der Waals surface area (Å²) in [6.45, 7) is 3.87. The maximum absolute atomic E-state index is 13.2. The Balaban J connectivity index is 2.28. The molecule has 7 nitrogen and oxygen atoms in total. The van der Waals surface area contributed by atoms with Crippen LogP contribution in [0.1, 0.15) is 28.5 Å². The summed E-state index contributed by atoms with van der Waals surface area (Å²) in [6, 6.07) is 11.8. The molecule has 3 rings (SSSR count). The van der Waals surface area contributed by atoms with Crippen LogP contribution in [0.5, 0.6) is 0 Å². The summed E-state index contributed by atoms with van der Waals surface area (Å²) in [5.41, 5.74) is -0.102. The fourth-order valence-corrected chi connectivity index (χ4v) is 3.16. The zero-order chi connectivity index (χ0) is 22.0. The van der Waals surface area contributed by atoms with E-state index in [1.165, 1.54) is 4.90 Å². The first kappa shape index (κ1) is 21.8. The SMILES string of the molecule is CCN(C)C(=O)c1nn(-c2ccc(C)c(Cl)c2)c(=O)n(Cc2ccccc2Cl)c1=O. The van der Waals surface area contributed by atoms with Crippen molar-refractivity contribution in [2.24, 2.45) is 0 Å². The van der Waals surface area contributed by atoms with Crippen molar-refractivity contribution in [3.05, 3.63) is 90.2 Å². The van der Waals surface area contributed by atoms with Gasteiger partial charge in [-0.15, -0.1) is 0 Å². The molecule has 3 aromatic rings. The van der Waals surface area contributed by atoms with Crippen LogP contribution in [-0.4, -0.2) is 38.7 Å². The highest BCUT2D eigenvalue weighted by Gasteiger charge is 2.23. The molecular weight excluding hydrogens is 427 g/mol. The molecule has 156 valence electrons. The summed E-state index contributed by atoms with van der Waals surface area (Å²) in [4.78, 5) is 40.3. The minimum Gasteiger partial charge on any atom is -0.340 e. The Kier molecular flexibility index (Phi) is 6.43. The van der Waals surface area contributed by atoms with Gasteiger partial charge in [0.25, 0.3) is 11.5 Å². The van der Waals surface area contributed by atoms with Crippen molar-refractivity contribution in [2.45, 2.75) is 20.4 Å². The number of hydrogen-bond acceptors (Lipinski definition) is 4. The topological polar surface area (TPSA) is 77.2 Å². The van der Waals surface area contributed by atoms with Crippen LogP contribution in [0, 0.1) is 6.92 Å². The van der Waals surface area contributed by atoms with E-state index in [0.717, 1.165) is 14.8 Å². The Labute approximate surface area is 183 Å². The molecule has 0 aliphatic rings. The third-order valence-corrected chi connectivity index (χ3v) is 5.55. The molecule has 0 unspecified atom stereocenters. The monoisotopic (exact) mass is 446 g/mol. The Morgan fingerprint density at radius 1 is 1.10 bits per heavy atom. The summed E-state index contributed by atoms with van der Waals surface area (Å²) in [7, 11) is 1.56. The number of benzene rings is 2. The maximum Gasteiger partial charge on any atom is 0.352 e. The summed E-state index contributed by atoms with van der Waals surface area (Å²) in [6.07, 6.45) is 0. The minimum absolute atomic E-state index is 0.102. The predicted molar refractivity (Wildman–Crippen MR) is 117 cm³/mol. The normalized spacial score (nSPS) is 10.8. The van der Waals surface area contributed by atoms with Gasteiger partial charge in [0.1, 0.15) is 0 Å². The second kappa shape index (κ2) is 8.85. The maximum atomic E-state index is 13.2. The molecule has 0 spiro atoms. The quantitative estimate of drug-likeness (QED) is 0.602. The van der Waals surface area contributed by atoms with Gasteiger partial charge in [-0.2, -0.15) is 9.78 Å². The van der Waals surface area contributed by atoms with Gasteiger partial charge in [-0.25, -0.2) is 4.79 Å². The number of carbonyl (C=O) groups excluding carboxylic acids is 1. The van der Waals surface area contributed by atoms with Crippen molar-refractivity contribution >= 4 is 29.1 Å². The fraction of sp³-hybridized carbons (Fsp3) is 0.238. The van der Waals surface area contributed by atoms with Gasteiger partial charge in [0.15, 0.2) is 0 Å². The van der Waals surface area contributed by atoms with E-state index < -0.39 is 17.2 Å². The first-order valence-electron chi connectivity index (χ1n) is 9.24. The van der Waals surface area contributed by atoms with Crippen LogP contribution in [0.2, 0.25) is 10.0 Å². The number of halogens is 2. The number of hydrogen-bond donors (Lipinski definition) is 0. The van der Waals surface area contributed by atoms with Crippen molar-refractivity contribution in [3.8, 4) is 5.69 Å². The van der Waals surface area contributed by atoms with E-state index in [1.807, 2.05) is 6.92 Å². The van der Waals surface area contributed by atoms with Crippen LogP contribution in [0.4, 0.5) is 0 Å². The molecule has 0 radical (unpaired) electrons. The van der Waals surface area contributed by atoms with Gasteiger partial charge in [-0.1, -0.05) is 47.5 Å². The third-order valence-electron chi connectivity index (χ3n) is 4.77. The summed E-state index contributed by atoms with van der Waals surface area (Å²) >= 11 is 12.4. The number of rotatable bonds is 5. The van der Waals surface area contributed by atoms with Crippen molar-refractivity contribution in [3.63, 3.8) is 0 Å². The summed E-state index contributed by atoms with van der Waals surface area (Å²) in [5, 5.41) is 4.93. The number of amides is 1. The molecule has 2 aromatic carbocycles. The molecule has 0 N–H and O–H groups in total. The van der Waals surface area contributed by atoms with E-state index in [0.29, 0.717) is 27.8 Å². The summed E-state index contributed by atoms with van der Waals surface area (Å²) in [5.74, 6) is -0.581. The van der Waals surface area contributed by atoms with Crippen molar-refractivity contribution in [2.75, 3.05) is 13.6 Å². The average molecular weight is 447 g/mol. The molecule has 0 aliphatic carbocycles. The first-order chi connectivity index (χ1) is 14.2. The molecule has 1 aromatic heterocycles. The fourth-order valence-electron chi connectivity index (χ4n) is 2.79. The highest BCUT2D eigenvalue weighted by Crippen LogP contribution is 2.18. The molecular formula is C21H20Cl2N4O3. The van der Waals surface area contributed by atoms with Gasteiger partial charge >= 0.3 is 5.69 Å². The molecule has 9 heteroatoms. The first-order valence-corrected chi connectivity index (χ1v) is 9.99. The lowest BCUT2D eigenvalue weighted by atomic mass is 10.2. The highest BCUT2D eigenvalue weighted by atomic mass is 35.5. The molecule has 30 heavy (non-hydrogen) atoms. The van der Waals surface area contributed by atoms with Gasteiger partial charge < -0.3 is 4.90 Å². The molecule has 0 saturated carbocycles. The molecule has 1 heterocycles. The van der Waals surface area contributed by atoms with Crippen LogP contribution in [0.15, 0.2) is 52.1 Å². The van der Waals surface area contributed by atoms with Crippen LogP contribution < -0.4 is 11.2 Å². The van der Waals surface area contributed by atoms with E-state index in [2.05, 4.69) is 5.10 Å². The second-order valence-electron chi connectivity index (χ2n) is 6.78. The van der Waals surface area contributed by atoms with Crippen molar-refractivity contribution < 1.29 is 4.79 Å². The molecule has 0 fully saturated rings. The number of aryl methyl sites for hydroxylation is 1. The van der Waals surface area contributed by atoms with Gasteiger partial charge in [0.05, 0.1) is 12.2 Å². The lowest BCUT2D eigenvalue weighted by Gasteiger charge is -2.16. The largest absolute Gasteiger partial charge is 0.352 e. The molecule has 1 amide bonds. The van der Waals surface area contributed by atoms with E-state index in [4.69, 9.17) is 23.2 Å². The predicted octanol–water partition coefficient (Wildman–Crippen LogP) is 3.15. The van der Waals surface area contributed by atoms with E-state index in [1.54, 1.807) is 56.4 Å². The molecule has 0 atom stereocenters. The van der Waals surface area contributed by atoms with Crippen LogP contribution >= 0.6 is 23.2 Å². The summed E-state index contributed by atoms with van der Waals surface area (Å²) < 4.78 is 1.97. The number of carbonyl (C=O) groups is 1. The lowest BCUT2D eigenvalue weighted by Crippen LogP contribution is -2.46. The second-order valence-corrected chi connectivity index (χ2v) is 7.59. The van der Waals surface area contributed by atoms with Crippen LogP contribution in [-0.2, 0) is 6.54 Å². The smallest absolute Gasteiger partial charge is 0.340 e. The van der Waals surface area contributed by atoms with Crippen molar-refractivity contribution in [1.29, 1.82) is 0 Å².